The SMILES string of the molecule is N/C(=C(\NC(N)c1ccccc1)c1ccccc1)c1ccc(-c2ccc(N(c3ccccc3)c3ccc4sc5ccccc5c4c3)cc2)c2c1oc1cc3ccccc3cc12. The highest BCUT2D eigenvalue weighted by Crippen LogP contribution is 2.44. The molecule has 6 heteroatoms. The fourth-order valence-electron chi connectivity index (χ4n) is 8.64. The molecule has 0 aliphatic carbocycles. The van der Waals surface area contributed by atoms with Crippen LogP contribution in [0.2, 0.25) is 0 Å². The third kappa shape index (κ3) is 6.55. The zero-order valence-corrected chi connectivity index (χ0v) is 33.9. The first-order chi connectivity index (χ1) is 30.1. The first-order valence-corrected chi connectivity index (χ1v) is 21.3. The molecule has 0 amide bonds. The zero-order valence-electron chi connectivity index (χ0n) is 33.1. The summed E-state index contributed by atoms with van der Waals surface area (Å²) in [6.45, 7) is 0. The third-order valence-corrected chi connectivity index (χ3v) is 12.8. The van der Waals surface area contributed by atoms with E-state index in [9.17, 15) is 0 Å². The van der Waals surface area contributed by atoms with Crippen molar-refractivity contribution in [2.45, 2.75) is 6.17 Å². The molecule has 5 N–H and O–H groups in total. The molecule has 1 atom stereocenters. The second-order valence-electron chi connectivity index (χ2n) is 15.3. The molecule has 9 aromatic carbocycles. The molecule has 5 nitrogen and oxygen atoms in total. The number of fused-ring (bicyclic) bond motifs is 7. The smallest absolute Gasteiger partial charge is 0.145 e. The van der Waals surface area contributed by atoms with Crippen molar-refractivity contribution in [2.75, 3.05) is 4.90 Å². The molecule has 2 aromatic heterocycles. The lowest BCUT2D eigenvalue weighted by Crippen LogP contribution is -2.29. The van der Waals surface area contributed by atoms with E-state index in [0.29, 0.717) is 5.70 Å². The average molecular weight is 805 g/mol. The van der Waals surface area contributed by atoms with Crippen LogP contribution in [0.1, 0.15) is 22.9 Å². The average Bonchev–Trinajstić information content (AvgIpc) is 3.89. The summed E-state index contributed by atoms with van der Waals surface area (Å²) in [7, 11) is 0. The van der Waals surface area contributed by atoms with Crippen LogP contribution in [0, 0.1) is 0 Å². The van der Waals surface area contributed by atoms with Gasteiger partial charge >= 0.3 is 0 Å². The maximum atomic E-state index is 7.29. The van der Waals surface area contributed by atoms with Gasteiger partial charge < -0.3 is 26.1 Å². The fourth-order valence-corrected chi connectivity index (χ4v) is 9.73. The highest BCUT2D eigenvalue weighted by Gasteiger charge is 2.22. The number of anilines is 3. The van der Waals surface area contributed by atoms with E-state index in [0.717, 1.165) is 83.3 Å². The molecule has 0 saturated carbocycles. The van der Waals surface area contributed by atoms with Gasteiger partial charge in [0.2, 0.25) is 0 Å². The Balaban J connectivity index is 1.07. The summed E-state index contributed by atoms with van der Waals surface area (Å²) in [5, 5.41) is 10.4. The molecule has 0 bridgehead atoms. The number of rotatable bonds is 9. The van der Waals surface area contributed by atoms with Crippen LogP contribution < -0.4 is 21.7 Å². The summed E-state index contributed by atoms with van der Waals surface area (Å²) in [6.07, 6.45) is -0.494. The van der Waals surface area contributed by atoms with E-state index in [1.165, 1.54) is 20.2 Å². The molecule has 292 valence electrons. The summed E-state index contributed by atoms with van der Waals surface area (Å²) in [4.78, 5) is 2.33. The van der Waals surface area contributed by atoms with E-state index >= 15 is 0 Å². The Morgan fingerprint density at radius 3 is 1.93 bits per heavy atom. The predicted octanol–water partition coefficient (Wildman–Crippen LogP) is 14.3. The minimum absolute atomic E-state index is 0.494. The van der Waals surface area contributed by atoms with Crippen molar-refractivity contribution >= 4 is 92.7 Å². The molecule has 1 unspecified atom stereocenters. The van der Waals surface area contributed by atoms with Gasteiger partial charge in [0.25, 0.3) is 0 Å². The molecule has 0 saturated heterocycles. The fraction of sp³-hybridized carbons (Fsp3) is 0.0182. The minimum Gasteiger partial charge on any atom is -0.455 e. The number of nitrogens with two attached hydrogens (primary N) is 2. The lowest BCUT2D eigenvalue weighted by molar-refractivity contribution is 0.664. The first kappa shape index (κ1) is 36.4. The quantitative estimate of drug-likeness (QED) is 0.100. The van der Waals surface area contributed by atoms with Crippen LogP contribution in [0.5, 0.6) is 0 Å². The van der Waals surface area contributed by atoms with Crippen molar-refractivity contribution in [3.63, 3.8) is 0 Å². The van der Waals surface area contributed by atoms with Gasteiger partial charge in [0.15, 0.2) is 0 Å². The summed E-state index contributed by atoms with van der Waals surface area (Å²) >= 11 is 1.83. The molecule has 0 fully saturated rings. The van der Waals surface area contributed by atoms with E-state index < -0.39 is 6.17 Å². The zero-order chi connectivity index (χ0) is 40.9. The van der Waals surface area contributed by atoms with Gasteiger partial charge in [-0.15, -0.1) is 11.3 Å². The Morgan fingerprint density at radius 1 is 0.541 bits per heavy atom. The van der Waals surface area contributed by atoms with Gasteiger partial charge in [0.1, 0.15) is 17.3 Å². The van der Waals surface area contributed by atoms with Gasteiger partial charge in [-0.3, -0.25) is 0 Å². The molecule has 61 heavy (non-hydrogen) atoms. The van der Waals surface area contributed by atoms with E-state index in [-0.39, 0.29) is 0 Å². The van der Waals surface area contributed by atoms with Gasteiger partial charge in [-0.2, -0.15) is 0 Å². The maximum Gasteiger partial charge on any atom is 0.145 e. The van der Waals surface area contributed by atoms with E-state index in [2.05, 4.69) is 156 Å². The maximum absolute atomic E-state index is 7.29. The number of nitrogens with one attached hydrogen (secondary N) is 1. The largest absolute Gasteiger partial charge is 0.455 e. The van der Waals surface area contributed by atoms with E-state index in [1.54, 1.807) is 0 Å². The molecule has 0 aliphatic rings. The molecule has 0 aliphatic heterocycles. The summed E-state index contributed by atoms with van der Waals surface area (Å²) in [5.41, 5.74) is 24.9. The summed E-state index contributed by atoms with van der Waals surface area (Å²) in [6, 6.07) is 72.0. The number of thiophene rings is 1. The Hall–Kier alpha value is -7.64. The minimum atomic E-state index is -0.494. The Morgan fingerprint density at radius 2 is 1.16 bits per heavy atom. The molecule has 0 radical (unpaired) electrons. The van der Waals surface area contributed by atoms with Crippen molar-refractivity contribution in [1.82, 2.24) is 5.32 Å². The van der Waals surface area contributed by atoms with Gasteiger partial charge in [-0.05, 0) is 99.8 Å². The molecule has 2 heterocycles. The van der Waals surface area contributed by atoms with Crippen LogP contribution in [-0.2, 0) is 0 Å². The van der Waals surface area contributed by atoms with Crippen LogP contribution in [0.25, 0.3) is 75.4 Å². The van der Waals surface area contributed by atoms with Crippen molar-refractivity contribution in [3.05, 3.63) is 223 Å². The monoisotopic (exact) mass is 804 g/mol. The molecule has 0 spiro atoms. The van der Waals surface area contributed by atoms with Gasteiger partial charge in [0, 0.05) is 53.6 Å². The second-order valence-corrected chi connectivity index (χ2v) is 16.4. The molecular weight excluding hydrogens is 765 g/mol. The lowest BCUT2D eigenvalue weighted by atomic mass is 9.94. The topological polar surface area (TPSA) is 80.4 Å². The highest BCUT2D eigenvalue weighted by atomic mass is 32.1. The van der Waals surface area contributed by atoms with Crippen LogP contribution in [0.3, 0.4) is 0 Å². The van der Waals surface area contributed by atoms with Gasteiger partial charge in [0.05, 0.1) is 11.4 Å². The van der Waals surface area contributed by atoms with Crippen LogP contribution in [0.4, 0.5) is 17.1 Å². The third-order valence-electron chi connectivity index (χ3n) is 11.6. The van der Waals surface area contributed by atoms with Crippen LogP contribution in [0.15, 0.2) is 211 Å². The highest BCUT2D eigenvalue weighted by molar-refractivity contribution is 7.25. The number of hydrogen-bond donors (Lipinski definition) is 3. The summed E-state index contributed by atoms with van der Waals surface area (Å²) in [5.74, 6) is 0. The van der Waals surface area contributed by atoms with Gasteiger partial charge in [-0.25, -0.2) is 0 Å². The van der Waals surface area contributed by atoms with Crippen molar-refractivity contribution in [2.24, 2.45) is 11.5 Å². The summed E-state index contributed by atoms with van der Waals surface area (Å²) < 4.78 is 9.48. The van der Waals surface area contributed by atoms with Crippen molar-refractivity contribution in [3.8, 4) is 11.1 Å². The first-order valence-electron chi connectivity index (χ1n) is 20.4. The number of furan rings is 1. The molecule has 11 aromatic rings. The molecular formula is C55H40N4OS. The lowest BCUT2D eigenvalue weighted by Gasteiger charge is -2.26. The van der Waals surface area contributed by atoms with Crippen LogP contribution in [-0.4, -0.2) is 0 Å². The van der Waals surface area contributed by atoms with Crippen molar-refractivity contribution in [1.29, 1.82) is 0 Å². The van der Waals surface area contributed by atoms with E-state index in [1.807, 2.05) is 72.0 Å². The van der Waals surface area contributed by atoms with Crippen LogP contribution >= 0.6 is 11.3 Å². The number of nitrogens with zero attached hydrogens (tertiary/aromatic N) is 1. The molecule has 11 rings (SSSR count). The van der Waals surface area contributed by atoms with Gasteiger partial charge in [-0.1, -0.05) is 140 Å². The van der Waals surface area contributed by atoms with E-state index in [4.69, 9.17) is 15.9 Å². The number of hydrogen-bond acceptors (Lipinski definition) is 6. The normalized spacial score (nSPS) is 12.6. The van der Waals surface area contributed by atoms with Crippen molar-refractivity contribution < 1.29 is 4.42 Å². The predicted molar refractivity (Wildman–Crippen MR) is 258 cm³/mol. The standard InChI is InChI=1S/C55H40N4OS/c56-52(53(36-14-4-1-5-15-36)58-55(57)37-16-6-2-7-17-37)45-30-29-43(51-47-32-38-18-10-11-19-39(38)33-48(47)60-54(45)51)35-24-26-41(27-25-35)59(40-20-8-3-9-21-40)42-28-31-50-46(34-42)44-22-12-13-23-49(44)61-50/h1-34,55,58H,56-57H2/b53-52-. The Labute approximate surface area is 357 Å². The Bertz CT molecular complexity index is 3410. The second kappa shape index (κ2) is 15.2. The Kier molecular flexibility index (Phi) is 9.07. The number of benzene rings is 9. The number of para-hydroxylation sites is 1.